The fourth-order valence-electron chi connectivity index (χ4n) is 2.88. The zero-order valence-corrected chi connectivity index (χ0v) is 12.3. The van der Waals surface area contributed by atoms with E-state index in [0.717, 1.165) is 0 Å². The van der Waals surface area contributed by atoms with Crippen LogP contribution >= 0.6 is 0 Å². The van der Waals surface area contributed by atoms with Crippen LogP contribution in [0.15, 0.2) is 30.3 Å². The Morgan fingerprint density at radius 2 is 2.09 bits per heavy atom. The summed E-state index contributed by atoms with van der Waals surface area (Å²) in [6, 6.07) is 8.15. The molecule has 1 aromatic rings. The average Bonchev–Trinajstić information content (AvgIpc) is 2.88. The highest BCUT2D eigenvalue weighted by Crippen LogP contribution is 2.47. The van der Waals surface area contributed by atoms with Gasteiger partial charge in [0.15, 0.2) is 5.60 Å². The van der Waals surface area contributed by atoms with E-state index >= 15 is 0 Å². The molecule has 0 aliphatic heterocycles. The Labute approximate surface area is 128 Å². The van der Waals surface area contributed by atoms with Gasteiger partial charge in [0.05, 0.1) is 6.61 Å². The number of aliphatic hydroxyl groups is 1. The molecule has 0 spiro atoms. The molecule has 22 heavy (non-hydrogen) atoms. The molecule has 1 saturated carbocycles. The third kappa shape index (κ3) is 3.44. The first kappa shape index (κ1) is 16.8. The van der Waals surface area contributed by atoms with Gasteiger partial charge in [0.1, 0.15) is 0 Å². The fraction of sp³-hybridized carbons (Fsp3) is 0.562. The first-order valence-electron chi connectivity index (χ1n) is 7.43. The van der Waals surface area contributed by atoms with Crippen molar-refractivity contribution in [1.82, 2.24) is 0 Å². The van der Waals surface area contributed by atoms with Crippen molar-refractivity contribution in [1.29, 1.82) is 0 Å². The summed E-state index contributed by atoms with van der Waals surface area (Å²) >= 11 is 0. The number of nitrogens with two attached hydrogens (primary N) is 1. The van der Waals surface area contributed by atoms with Crippen LogP contribution in [0.3, 0.4) is 0 Å². The van der Waals surface area contributed by atoms with Gasteiger partial charge >= 0.3 is 5.97 Å². The molecular weight excluding hydrogens is 292 g/mol. The maximum atomic E-state index is 13.5. The van der Waals surface area contributed by atoms with Gasteiger partial charge in [-0.05, 0) is 24.9 Å². The highest BCUT2D eigenvalue weighted by atomic mass is 19.3. The molecule has 1 fully saturated rings. The van der Waals surface area contributed by atoms with E-state index in [1.807, 2.05) is 0 Å². The number of hydrogen-bond donors (Lipinski definition) is 2. The van der Waals surface area contributed by atoms with Crippen LogP contribution in [0, 0.1) is 5.92 Å². The Bertz CT molecular complexity index is 509. The topological polar surface area (TPSA) is 72.5 Å². The fourth-order valence-corrected chi connectivity index (χ4v) is 2.88. The van der Waals surface area contributed by atoms with Crippen LogP contribution in [0.5, 0.6) is 0 Å². The van der Waals surface area contributed by atoms with E-state index in [1.54, 1.807) is 30.3 Å². The SMILES string of the molecule is NCCCOC(=O)C(O)(c1ccccc1)C1CCC(F)(F)C1. The molecule has 0 amide bonds. The number of hydrogen-bond acceptors (Lipinski definition) is 4. The van der Waals surface area contributed by atoms with Crippen LogP contribution in [0.25, 0.3) is 0 Å². The third-order valence-corrected chi connectivity index (χ3v) is 4.10. The summed E-state index contributed by atoms with van der Waals surface area (Å²) in [4.78, 5) is 12.4. The van der Waals surface area contributed by atoms with E-state index in [9.17, 15) is 18.7 Å². The highest BCUT2D eigenvalue weighted by molar-refractivity contribution is 5.81. The maximum absolute atomic E-state index is 13.5. The summed E-state index contributed by atoms with van der Waals surface area (Å²) in [5.74, 6) is -4.60. The molecule has 2 unspecified atom stereocenters. The lowest BCUT2D eigenvalue weighted by atomic mass is 9.80. The summed E-state index contributed by atoms with van der Waals surface area (Å²) in [7, 11) is 0. The van der Waals surface area contributed by atoms with Crippen molar-refractivity contribution in [3.05, 3.63) is 35.9 Å². The number of benzene rings is 1. The van der Waals surface area contributed by atoms with Crippen LogP contribution in [-0.2, 0) is 15.1 Å². The predicted molar refractivity (Wildman–Crippen MR) is 77.3 cm³/mol. The van der Waals surface area contributed by atoms with Crippen LogP contribution < -0.4 is 5.73 Å². The van der Waals surface area contributed by atoms with Crippen LogP contribution in [-0.4, -0.2) is 30.2 Å². The Morgan fingerprint density at radius 1 is 1.41 bits per heavy atom. The van der Waals surface area contributed by atoms with Crippen LogP contribution in [0.4, 0.5) is 8.78 Å². The molecule has 0 aromatic heterocycles. The van der Waals surface area contributed by atoms with Crippen molar-refractivity contribution in [2.24, 2.45) is 11.7 Å². The Balaban J connectivity index is 2.27. The Hall–Kier alpha value is -1.53. The minimum Gasteiger partial charge on any atom is -0.463 e. The summed E-state index contributed by atoms with van der Waals surface area (Å²) in [5.41, 5.74) is 3.58. The second-order valence-corrected chi connectivity index (χ2v) is 5.71. The quantitative estimate of drug-likeness (QED) is 0.624. The van der Waals surface area contributed by atoms with Crippen molar-refractivity contribution in [2.45, 2.75) is 37.2 Å². The molecule has 122 valence electrons. The number of esters is 1. The van der Waals surface area contributed by atoms with Crippen molar-refractivity contribution < 1.29 is 23.4 Å². The number of alkyl halides is 2. The minimum atomic E-state index is -2.86. The predicted octanol–water partition coefficient (Wildman–Crippen LogP) is 2.20. The summed E-state index contributed by atoms with van der Waals surface area (Å²) in [5, 5.41) is 10.9. The molecule has 0 radical (unpaired) electrons. The van der Waals surface area contributed by atoms with Crippen molar-refractivity contribution in [2.75, 3.05) is 13.2 Å². The van der Waals surface area contributed by atoms with Gasteiger partial charge in [-0.25, -0.2) is 13.6 Å². The van der Waals surface area contributed by atoms with Crippen molar-refractivity contribution >= 4 is 5.97 Å². The zero-order valence-electron chi connectivity index (χ0n) is 12.3. The highest BCUT2D eigenvalue weighted by Gasteiger charge is 2.54. The smallest absolute Gasteiger partial charge is 0.343 e. The number of rotatable bonds is 6. The van der Waals surface area contributed by atoms with Crippen molar-refractivity contribution in [3.63, 3.8) is 0 Å². The molecule has 2 rings (SSSR count). The van der Waals surface area contributed by atoms with E-state index in [1.165, 1.54) is 0 Å². The largest absolute Gasteiger partial charge is 0.463 e. The van der Waals surface area contributed by atoms with E-state index in [0.29, 0.717) is 13.0 Å². The molecule has 0 saturated heterocycles. The molecule has 4 nitrogen and oxygen atoms in total. The second-order valence-electron chi connectivity index (χ2n) is 5.71. The Kier molecular flexibility index (Phi) is 5.13. The first-order chi connectivity index (χ1) is 10.4. The normalized spacial score (nSPS) is 23.0. The molecule has 0 bridgehead atoms. The summed E-state index contributed by atoms with van der Waals surface area (Å²) in [6.07, 6.45) is -0.324. The molecule has 1 aromatic carbocycles. The van der Waals surface area contributed by atoms with Gasteiger partial charge < -0.3 is 15.6 Å². The van der Waals surface area contributed by atoms with Gasteiger partial charge in [-0.3, -0.25) is 0 Å². The molecule has 1 aliphatic rings. The van der Waals surface area contributed by atoms with Crippen molar-refractivity contribution in [3.8, 4) is 0 Å². The van der Waals surface area contributed by atoms with E-state index in [2.05, 4.69) is 0 Å². The molecule has 0 heterocycles. The van der Waals surface area contributed by atoms with Crippen LogP contribution in [0.1, 0.15) is 31.2 Å². The lowest BCUT2D eigenvalue weighted by Gasteiger charge is -2.32. The number of carbonyl (C=O) groups is 1. The van der Waals surface area contributed by atoms with Gasteiger partial charge in [0.25, 0.3) is 0 Å². The van der Waals surface area contributed by atoms with Gasteiger partial charge in [0.2, 0.25) is 5.92 Å². The molecule has 3 N–H and O–H groups in total. The minimum absolute atomic E-state index is 0.0631. The monoisotopic (exact) mass is 313 g/mol. The third-order valence-electron chi connectivity index (χ3n) is 4.10. The standard InChI is InChI=1S/C16H21F2NO3/c17-15(18)8-7-13(11-15)16(21,12-5-2-1-3-6-12)14(20)22-10-4-9-19/h1-3,5-6,13,21H,4,7-11,19H2. The average molecular weight is 313 g/mol. The number of halogens is 2. The second kappa shape index (κ2) is 6.71. The zero-order chi connectivity index (χ0) is 16.2. The Morgan fingerprint density at radius 3 is 2.64 bits per heavy atom. The molecule has 6 heteroatoms. The first-order valence-corrected chi connectivity index (χ1v) is 7.43. The molecular formula is C16H21F2NO3. The maximum Gasteiger partial charge on any atom is 0.343 e. The van der Waals surface area contributed by atoms with E-state index in [-0.39, 0.29) is 25.0 Å². The van der Waals surface area contributed by atoms with Crippen LogP contribution in [0.2, 0.25) is 0 Å². The van der Waals surface area contributed by atoms with Gasteiger partial charge in [-0.1, -0.05) is 30.3 Å². The van der Waals surface area contributed by atoms with Gasteiger partial charge in [-0.2, -0.15) is 0 Å². The molecule has 1 aliphatic carbocycles. The summed E-state index contributed by atoms with van der Waals surface area (Å²) in [6.45, 7) is 0.409. The van der Waals surface area contributed by atoms with E-state index < -0.39 is 29.8 Å². The van der Waals surface area contributed by atoms with Gasteiger partial charge in [0, 0.05) is 18.8 Å². The summed E-state index contributed by atoms with van der Waals surface area (Å²) < 4.78 is 32.1. The lowest BCUT2D eigenvalue weighted by molar-refractivity contribution is -0.174. The number of carbonyl (C=O) groups excluding carboxylic acids is 1. The lowest BCUT2D eigenvalue weighted by Crippen LogP contribution is -2.44. The number of ether oxygens (including phenoxy) is 1. The van der Waals surface area contributed by atoms with E-state index in [4.69, 9.17) is 10.5 Å². The molecule has 2 atom stereocenters. The van der Waals surface area contributed by atoms with Gasteiger partial charge in [-0.15, -0.1) is 0 Å².